The quantitative estimate of drug-likeness (QED) is 0.761. The first-order valence-electron chi connectivity index (χ1n) is 9.33. The van der Waals surface area contributed by atoms with Gasteiger partial charge in [-0.15, -0.1) is 0 Å². The summed E-state index contributed by atoms with van der Waals surface area (Å²) >= 11 is 0. The normalized spacial score (nSPS) is 23.3. The Balaban J connectivity index is 2.26. The van der Waals surface area contributed by atoms with Crippen LogP contribution in [0.1, 0.15) is 45.1 Å². The summed E-state index contributed by atoms with van der Waals surface area (Å²) in [6, 6.07) is 6.51. The zero-order chi connectivity index (χ0) is 19.9. The lowest BCUT2D eigenvalue weighted by molar-refractivity contribution is 0.391. The molecule has 4 nitrogen and oxygen atoms in total. The van der Waals surface area contributed by atoms with Gasteiger partial charge in [0.15, 0.2) is 0 Å². The molecule has 2 atom stereocenters. The van der Waals surface area contributed by atoms with Crippen molar-refractivity contribution in [3.8, 4) is 0 Å². The molecular formula is C21H27FN2O2S. The van der Waals surface area contributed by atoms with E-state index in [1.807, 2.05) is 6.92 Å². The molecule has 146 valence electrons. The first-order chi connectivity index (χ1) is 12.6. The molecule has 2 aliphatic heterocycles. The van der Waals surface area contributed by atoms with Gasteiger partial charge in [0.05, 0.1) is 6.26 Å². The number of sulfonamides is 1. The van der Waals surface area contributed by atoms with Crippen LogP contribution in [0.15, 0.2) is 52.7 Å². The summed E-state index contributed by atoms with van der Waals surface area (Å²) in [5.41, 5.74) is 3.83. The van der Waals surface area contributed by atoms with E-state index in [4.69, 9.17) is 4.99 Å². The molecule has 0 aliphatic carbocycles. The molecule has 2 unspecified atom stereocenters. The summed E-state index contributed by atoms with van der Waals surface area (Å²) < 4.78 is 39.7. The largest absolute Gasteiger partial charge is 0.257 e. The van der Waals surface area contributed by atoms with E-state index in [2.05, 4.69) is 20.4 Å². The predicted octanol–water partition coefficient (Wildman–Crippen LogP) is 4.48. The van der Waals surface area contributed by atoms with Crippen molar-refractivity contribution in [3.05, 3.63) is 59.1 Å². The van der Waals surface area contributed by atoms with Crippen LogP contribution < -0.4 is 0 Å². The molecule has 2 heterocycles. The number of aliphatic imine (C=N–C) groups is 1. The van der Waals surface area contributed by atoms with E-state index in [1.165, 1.54) is 22.7 Å². The van der Waals surface area contributed by atoms with Crippen molar-refractivity contribution < 1.29 is 12.8 Å². The van der Waals surface area contributed by atoms with Crippen LogP contribution >= 0.6 is 0 Å². The van der Waals surface area contributed by atoms with Crippen molar-refractivity contribution in [1.29, 1.82) is 0 Å². The number of amidine groups is 1. The Morgan fingerprint density at radius 2 is 1.93 bits per heavy atom. The van der Waals surface area contributed by atoms with Gasteiger partial charge in [-0.3, -0.25) is 4.31 Å². The van der Waals surface area contributed by atoms with Gasteiger partial charge in [-0.1, -0.05) is 38.1 Å². The number of benzene rings is 1. The fraction of sp³-hybridized carbons (Fsp3) is 0.476. The molecule has 0 N–H and O–H groups in total. The molecule has 27 heavy (non-hydrogen) atoms. The molecule has 0 spiro atoms. The second-order valence-electron chi connectivity index (χ2n) is 7.82. The minimum atomic E-state index is -3.40. The summed E-state index contributed by atoms with van der Waals surface area (Å²) in [5, 5.41) is 0. The predicted molar refractivity (Wildman–Crippen MR) is 108 cm³/mol. The summed E-state index contributed by atoms with van der Waals surface area (Å²) in [6.45, 7) is 10.7. The lowest BCUT2D eigenvalue weighted by Crippen LogP contribution is -2.48. The number of allylic oxidation sites excluding steroid dienone is 3. The maximum Gasteiger partial charge on any atom is 0.233 e. The SMILES string of the molecule is C=C(C)C1=C(C(C)C)N=C2C(CCCN2S(C)(=O)=O)C1c1ccc(F)cc1. The van der Waals surface area contributed by atoms with Gasteiger partial charge in [0.25, 0.3) is 0 Å². The monoisotopic (exact) mass is 390 g/mol. The van der Waals surface area contributed by atoms with Crippen molar-refractivity contribution in [1.82, 2.24) is 4.31 Å². The zero-order valence-corrected chi connectivity index (χ0v) is 17.2. The van der Waals surface area contributed by atoms with Crippen molar-refractivity contribution in [3.63, 3.8) is 0 Å². The van der Waals surface area contributed by atoms with E-state index in [0.29, 0.717) is 12.4 Å². The molecule has 0 radical (unpaired) electrons. The van der Waals surface area contributed by atoms with E-state index in [1.54, 1.807) is 12.1 Å². The summed E-state index contributed by atoms with van der Waals surface area (Å²) in [4.78, 5) is 4.86. The third kappa shape index (κ3) is 3.72. The lowest BCUT2D eigenvalue weighted by atomic mass is 9.71. The molecule has 0 saturated carbocycles. The fourth-order valence-corrected chi connectivity index (χ4v) is 5.19. The number of nitrogens with zero attached hydrogens (tertiary/aromatic N) is 2. The van der Waals surface area contributed by atoms with Crippen molar-refractivity contribution in [2.45, 2.75) is 39.5 Å². The van der Waals surface area contributed by atoms with Crippen LogP contribution in [0.5, 0.6) is 0 Å². The molecule has 1 saturated heterocycles. The summed E-state index contributed by atoms with van der Waals surface area (Å²) in [5.74, 6) is 0.323. The highest BCUT2D eigenvalue weighted by Crippen LogP contribution is 2.47. The fourth-order valence-electron chi connectivity index (χ4n) is 4.21. The molecule has 3 rings (SSSR count). The van der Waals surface area contributed by atoms with Gasteiger partial charge in [0.2, 0.25) is 10.0 Å². The van der Waals surface area contributed by atoms with E-state index in [9.17, 15) is 12.8 Å². The average molecular weight is 391 g/mol. The van der Waals surface area contributed by atoms with Crippen molar-refractivity contribution in [2.24, 2.45) is 16.8 Å². The maximum atomic E-state index is 13.5. The Morgan fingerprint density at radius 3 is 2.44 bits per heavy atom. The highest BCUT2D eigenvalue weighted by molar-refractivity contribution is 7.88. The number of hydrogen-bond donors (Lipinski definition) is 0. The van der Waals surface area contributed by atoms with Gasteiger partial charge >= 0.3 is 0 Å². The van der Waals surface area contributed by atoms with Gasteiger partial charge in [-0.25, -0.2) is 17.8 Å². The van der Waals surface area contributed by atoms with Gasteiger partial charge in [-0.05, 0) is 49.0 Å². The van der Waals surface area contributed by atoms with Gasteiger partial charge in [-0.2, -0.15) is 0 Å². The Bertz CT molecular complexity index is 914. The molecule has 0 aromatic heterocycles. The number of halogens is 1. The number of hydrogen-bond acceptors (Lipinski definition) is 3. The molecule has 2 aliphatic rings. The van der Waals surface area contributed by atoms with Crippen LogP contribution in [0.2, 0.25) is 0 Å². The highest BCUT2D eigenvalue weighted by Gasteiger charge is 2.42. The molecule has 0 amide bonds. The lowest BCUT2D eigenvalue weighted by Gasteiger charge is -2.43. The van der Waals surface area contributed by atoms with Crippen LogP contribution in [-0.4, -0.2) is 31.4 Å². The Hall–Kier alpha value is -1.95. The van der Waals surface area contributed by atoms with Crippen LogP contribution in [0, 0.1) is 17.7 Å². The maximum absolute atomic E-state index is 13.5. The third-order valence-electron chi connectivity index (χ3n) is 5.32. The van der Waals surface area contributed by atoms with Crippen LogP contribution in [0.25, 0.3) is 0 Å². The Kier molecular flexibility index (Phi) is 5.30. The molecule has 6 heteroatoms. The number of piperidine rings is 1. The number of rotatable bonds is 4. The minimum Gasteiger partial charge on any atom is -0.257 e. The van der Waals surface area contributed by atoms with Crippen molar-refractivity contribution >= 4 is 15.9 Å². The molecule has 1 fully saturated rings. The molecule has 1 aromatic carbocycles. The summed E-state index contributed by atoms with van der Waals surface area (Å²) in [7, 11) is -3.40. The molecular weight excluding hydrogens is 363 g/mol. The molecule has 1 aromatic rings. The first kappa shape index (κ1) is 19.8. The average Bonchev–Trinajstić information content (AvgIpc) is 2.59. The van der Waals surface area contributed by atoms with E-state index < -0.39 is 10.0 Å². The van der Waals surface area contributed by atoms with E-state index in [0.717, 1.165) is 35.2 Å². The second-order valence-corrected chi connectivity index (χ2v) is 9.72. The van der Waals surface area contributed by atoms with E-state index in [-0.39, 0.29) is 23.6 Å². The van der Waals surface area contributed by atoms with Crippen LogP contribution in [0.3, 0.4) is 0 Å². The Morgan fingerprint density at radius 1 is 1.30 bits per heavy atom. The smallest absolute Gasteiger partial charge is 0.233 e. The standard InChI is InChI=1S/C21H27FN2O2S/c1-13(2)18-19(15-8-10-16(22)11-9-15)17-7-6-12-24(27(5,25)26)21(17)23-20(18)14(3)4/h8-11,14,17,19H,1,6-7,12H2,2-5H3. The topological polar surface area (TPSA) is 49.7 Å². The molecule has 0 bridgehead atoms. The minimum absolute atomic E-state index is 0.0619. The van der Waals surface area contributed by atoms with E-state index >= 15 is 0 Å². The van der Waals surface area contributed by atoms with Crippen LogP contribution in [-0.2, 0) is 10.0 Å². The Labute approximate surface area is 161 Å². The zero-order valence-electron chi connectivity index (χ0n) is 16.4. The van der Waals surface area contributed by atoms with Gasteiger partial charge in [0.1, 0.15) is 11.7 Å². The van der Waals surface area contributed by atoms with Crippen LogP contribution in [0.4, 0.5) is 4.39 Å². The first-order valence-corrected chi connectivity index (χ1v) is 11.2. The third-order valence-corrected chi connectivity index (χ3v) is 6.49. The van der Waals surface area contributed by atoms with Gasteiger partial charge < -0.3 is 0 Å². The van der Waals surface area contributed by atoms with Crippen molar-refractivity contribution in [2.75, 3.05) is 12.8 Å². The number of fused-ring (bicyclic) bond motifs is 1. The highest BCUT2D eigenvalue weighted by atomic mass is 32.2. The second kappa shape index (κ2) is 7.23. The summed E-state index contributed by atoms with van der Waals surface area (Å²) in [6.07, 6.45) is 2.85. The van der Waals surface area contributed by atoms with Gasteiger partial charge in [0, 0.05) is 24.1 Å².